The smallest absolute Gasteiger partial charge is 0.0194 e. The van der Waals surface area contributed by atoms with Crippen LogP contribution in [0.2, 0.25) is 0 Å². The molecular formula is C15H21BrS. The van der Waals surface area contributed by atoms with Crippen molar-refractivity contribution in [3.63, 3.8) is 0 Å². The van der Waals surface area contributed by atoms with Crippen LogP contribution in [0.5, 0.6) is 0 Å². The van der Waals surface area contributed by atoms with Gasteiger partial charge in [-0.1, -0.05) is 54.9 Å². The molecule has 0 nitrogen and oxygen atoms in total. The van der Waals surface area contributed by atoms with E-state index in [4.69, 9.17) is 0 Å². The average molecular weight is 313 g/mol. The van der Waals surface area contributed by atoms with Crippen LogP contribution in [-0.4, -0.2) is 10.1 Å². The second-order valence-corrected chi connectivity index (χ2v) is 8.41. The molecule has 2 rings (SSSR count). The molecule has 0 amide bonds. The van der Waals surface area contributed by atoms with Crippen LogP contribution in [0.25, 0.3) is 0 Å². The molecule has 0 spiro atoms. The van der Waals surface area contributed by atoms with E-state index in [0.717, 1.165) is 5.25 Å². The Balaban J connectivity index is 1.85. The van der Waals surface area contributed by atoms with Gasteiger partial charge < -0.3 is 0 Å². The molecule has 17 heavy (non-hydrogen) atoms. The van der Waals surface area contributed by atoms with Crippen molar-refractivity contribution >= 4 is 27.7 Å². The molecule has 1 aliphatic rings. The number of halogens is 1. The maximum atomic E-state index is 3.83. The molecule has 1 aromatic carbocycles. The van der Waals surface area contributed by atoms with Gasteiger partial charge in [0.1, 0.15) is 0 Å². The van der Waals surface area contributed by atoms with E-state index in [1.54, 1.807) is 5.56 Å². The third kappa shape index (κ3) is 3.51. The van der Waals surface area contributed by atoms with Gasteiger partial charge in [0.25, 0.3) is 0 Å². The average Bonchev–Trinajstić information content (AvgIpc) is 2.66. The second-order valence-electron chi connectivity index (χ2n) is 5.96. The van der Waals surface area contributed by atoms with Gasteiger partial charge in [0.2, 0.25) is 0 Å². The molecular weight excluding hydrogens is 292 g/mol. The first-order chi connectivity index (χ1) is 7.97. The fraction of sp³-hybridized carbons (Fsp3) is 0.600. The Kier molecular flexibility index (Phi) is 4.25. The van der Waals surface area contributed by atoms with E-state index in [9.17, 15) is 0 Å². The number of alkyl halides is 1. The van der Waals surface area contributed by atoms with Gasteiger partial charge >= 0.3 is 0 Å². The van der Waals surface area contributed by atoms with Gasteiger partial charge in [0, 0.05) is 15.0 Å². The Morgan fingerprint density at radius 3 is 2.71 bits per heavy atom. The molecule has 0 radical (unpaired) electrons. The van der Waals surface area contributed by atoms with Gasteiger partial charge in [-0.05, 0) is 36.3 Å². The van der Waals surface area contributed by atoms with Crippen LogP contribution in [-0.2, 0) is 6.42 Å². The normalized spacial score (nSPS) is 21.3. The number of thioether (sulfide) groups is 1. The molecule has 0 aromatic heterocycles. The molecule has 0 bridgehead atoms. The third-order valence-electron chi connectivity index (χ3n) is 3.40. The van der Waals surface area contributed by atoms with Crippen molar-refractivity contribution in [2.45, 2.75) is 55.0 Å². The fourth-order valence-corrected chi connectivity index (χ4v) is 3.78. The zero-order valence-corrected chi connectivity index (χ0v) is 13.3. The largest absolute Gasteiger partial charge is 0.122 e. The van der Waals surface area contributed by atoms with Gasteiger partial charge in [-0.2, -0.15) is 0 Å². The Morgan fingerprint density at radius 2 is 2.06 bits per heavy atom. The first-order valence-corrected chi connectivity index (χ1v) is 8.15. The molecule has 0 saturated heterocycles. The van der Waals surface area contributed by atoms with E-state index in [0.29, 0.717) is 10.2 Å². The van der Waals surface area contributed by atoms with Crippen LogP contribution in [0.4, 0.5) is 0 Å². The second kappa shape index (κ2) is 5.36. The van der Waals surface area contributed by atoms with E-state index < -0.39 is 0 Å². The van der Waals surface area contributed by atoms with E-state index in [1.165, 1.54) is 24.2 Å². The van der Waals surface area contributed by atoms with Crippen molar-refractivity contribution in [3.8, 4) is 0 Å². The summed E-state index contributed by atoms with van der Waals surface area (Å²) >= 11 is 5.90. The summed E-state index contributed by atoms with van der Waals surface area (Å²) in [7, 11) is 0. The Labute approximate surface area is 118 Å². The molecule has 0 aliphatic carbocycles. The highest BCUT2D eigenvalue weighted by molar-refractivity contribution is 9.09. The molecule has 2 heteroatoms. The number of fused-ring (bicyclic) bond motifs is 1. The van der Waals surface area contributed by atoms with Crippen molar-refractivity contribution in [3.05, 3.63) is 29.8 Å². The van der Waals surface area contributed by atoms with Gasteiger partial charge in [0.15, 0.2) is 0 Å². The topological polar surface area (TPSA) is 0 Å². The van der Waals surface area contributed by atoms with Crippen LogP contribution in [0.1, 0.15) is 39.2 Å². The minimum atomic E-state index is 0.371. The predicted molar refractivity (Wildman–Crippen MR) is 81.2 cm³/mol. The van der Waals surface area contributed by atoms with Crippen molar-refractivity contribution in [2.75, 3.05) is 0 Å². The summed E-state index contributed by atoms with van der Waals surface area (Å²) < 4.78 is 0. The minimum Gasteiger partial charge on any atom is -0.122 e. The van der Waals surface area contributed by atoms with E-state index in [1.807, 2.05) is 0 Å². The molecule has 2 atom stereocenters. The molecule has 1 heterocycles. The van der Waals surface area contributed by atoms with Crippen molar-refractivity contribution in [1.82, 2.24) is 0 Å². The Morgan fingerprint density at radius 1 is 1.35 bits per heavy atom. The van der Waals surface area contributed by atoms with Crippen LogP contribution in [0, 0.1) is 5.41 Å². The molecule has 0 N–H and O–H groups in total. The highest BCUT2D eigenvalue weighted by Crippen LogP contribution is 2.40. The zero-order chi connectivity index (χ0) is 12.5. The molecule has 1 aromatic rings. The zero-order valence-electron chi connectivity index (χ0n) is 10.9. The maximum absolute atomic E-state index is 3.83. The maximum Gasteiger partial charge on any atom is 0.0194 e. The van der Waals surface area contributed by atoms with E-state index in [2.05, 4.69) is 72.7 Å². The Bertz CT molecular complexity index is 356. The molecule has 1 aliphatic heterocycles. The molecule has 0 saturated carbocycles. The van der Waals surface area contributed by atoms with Crippen LogP contribution < -0.4 is 0 Å². The summed E-state index contributed by atoms with van der Waals surface area (Å²) in [4.78, 5) is 2.12. The van der Waals surface area contributed by atoms with Gasteiger partial charge in [-0.3, -0.25) is 0 Å². The van der Waals surface area contributed by atoms with Crippen LogP contribution in [0.3, 0.4) is 0 Å². The predicted octanol–water partition coefficient (Wildman–Crippen LogP) is 5.29. The van der Waals surface area contributed by atoms with Crippen molar-refractivity contribution < 1.29 is 0 Å². The molecule has 0 fully saturated rings. The molecule has 2 unspecified atom stereocenters. The minimum absolute atomic E-state index is 0.371. The SMILES string of the molecule is CC(C)(C)C(Br)CCC1Cc2ccccc2S1. The summed E-state index contributed by atoms with van der Waals surface area (Å²) in [5, 5.41) is 0.787. The summed E-state index contributed by atoms with van der Waals surface area (Å²) in [5.74, 6) is 0. The highest BCUT2D eigenvalue weighted by Gasteiger charge is 2.26. The van der Waals surface area contributed by atoms with Gasteiger partial charge in [-0.25, -0.2) is 0 Å². The third-order valence-corrected chi connectivity index (χ3v) is 6.61. The summed E-state index contributed by atoms with van der Waals surface area (Å²) in [6.45, 7) is 6.93. The molecule has 94 valence electrons. The first kappa shape index (κ1) is 13.5. The highest BCUT2D eigenvalue weighted by atomic mass is 79.9. The number of hydrogen-bond acceptors (Lipinski definition) is 1. The van der Waals surface area contributed by atoms with E-state index >= 15 is 0 Å². The first-order valence-electron chi connectivity index (χ1n) is 6.35. The van der Waals surface area contributed by atoms with Crippen LogP contribution >= 0.6 is 27.7 Å². The summed E-state index contributed by atoms with van der Waals surface area (Å²) in [6.07, 6.45) is 3.84. The fourth-order valence-electron chi connectivity index (χ4n) is 2.18. The standard InChI is InChI=1S/C15H21BrS/c1-15(2,3)14(16)9-8-12-10-11-6-4-5-7-13(11)17-12/h4-7,12,14H,8-10H2,1-3H3. The Hall–Kier alpha value is 0.0500. The lowest BCUT2D eigenvalue weighted by atomic mass is 9.89. The summed E-state index contributed by atoms with van der Waals surface area (Å²) in [6, 6.07) is 8.84. The monoisotopic (exact) mass is 312 g/mol. The number of hydrogen-bond donors (Lipinski definition) is 0. The quantitative estimate of drug-likeness (QED) is 0.683. The summed E-state index contributed by atoms with van der Waals surface area (Å²) in [5.41, 5.74) is 1.92. The van der Waals surface area contributed by atoms with Gasteiger partial charge in [0.05, 0.1) is 0 Å². The van der Waals surface area contributed by atoms with Crippen molar-refractivity contribution in [1.29, 1.82) is 0 Å². The lowest BCUT2D eigenvalue weighted by molar-refractivity contribution is 0.379. The lowest BCUT2D eigenvalue weighted by Crippen LogP contribution is -2.21. The van der Waals surface area contributed by atoms with Crippen molar-refractivity contribution in [2.24, 2.45) is 5.41 Å². The number of benzene rings is 1. The van der Waals surface area contributed by atoms with Gasteiger partial charge in [-0.15, -0.1) is 11.8 Å². The van der Waals surface area contributed by atoms with Crippen LogP contribution in [0.15, 0.2) is 29.2 Å². The lowest BCUT2D eigenvalue weighted by Gasteiger charge is -2.26. The van der Waals surface area contributed by atoms with E-state index in [-0.39, 0.29) is 0 Å². The number of rotatable bonds is 3.